The van der Waals surface area contributed by atoms with E-state index in [-0.39, 0.29) is 11.6 Å². The van der Waals surface area contributed by atoms with Crippen LogP contribution in [0.4, 0.5) is 8.78 Å². The highest BCUT2D eigenvalue weighted by molar-refractivity contribution is 5.50. The lowest BCUT2D eigenvalue weighted by molar-refractivity contribution is 0.617. The van der Waals surface area contributed by atoms with Gasteiger partial charge in [0.1, 0.15) is 11.6 Å². The molecule has 0 spiro atoms. The summed E-state index contributed by atoms with van der Waals surface area (Å²) in [6, 6.07) is 10.3. The van der Waals surface area contributed by atoms with Crippen LogP contribution in [0.3, 0.4) is 0 Å². The van der Waals surface area contributed by atoms with Crippen molar-refractivity contribution in [3.05, 3.63) is 76.4 Å². The van der Waals surface area contributed by atoms with Gasteiger partial charge in [0, 0.05) is 0 Å². The number of halogens is 2. The van der Waals surface area contributed by atoms with Crippen molar-refractivity contribution in [2.75, 3.05) is 0 Å². The maximum Gasteiger partial charge on any atom is 0.126 e. The number of rotatable bonds is 3. The van der Waals surface area contributed by atoms with Gasteiger partial charge in [0.05, 0.1) is 0 Å². The Hall–Kier alpha value is -1.96. The van der Waals surface area contributed by atoms with E-state index in [1.165, 1.54) is 12.1 Å². The molecule has 0 radical (unpaired) electrons. The molecule has 0 unspecified atom stereocenters. The highest BCUT2D eigenvalue weighted by Crippen LogP contribution is 2.13. The summed E-state index contributed by atoms with van der Waals surface area (Å²) in [7, 11) is 0. The molecule has 0 bridgehead atoms. The lowest BCUT2D eigenvalue weighted by atomic mass is 10.1. The van der Waals surface area contributed by atoms with Gasteiger partial charge < -0.3 is 0 Å². The minimum atomic E-state index is -0.205. The van der Waals surface area contributed by atoms with Crippen molar-refractivity contribution in [2.45, 2.75) is 20.3 Å². The molecule has 0 aliphatic heterocycles. The molecule has 0 nitrogen and oxygen atoms in total. The van der Waals surface area contributed by atoms with Crippen molar-refractivity contribution in [3.63, 3.8) is 0 Å². The minimum absolute atomic E-state index is 0.188. The van der Waals surface area contributed by atoms with Crippen LogP contribution in [0.1, 0.15) is 22.3 Å². The standard InChI is InChI=1S/C17H16F2/c1-12-6-8-14(10-16(12)18)4-3-5-15-9-7-13(2)17(19)11-15/h3-4,6-11H,5H2,1-2H3/b4-3+. The van der Waals surface area contributed by atoms with E-state index in [1.807, 2.05) is 24.3 Å². The summed E-state index contributed by atoms with van der Waals surface area (Å²) in [5, 5.41) is 0. The summed E-state index contributed by atoms with van der Waals surface area (Å²) in [6.45, 7) is 3.47. The Morgan fingerprint density at radius 3 is 2.16 bits per heavy atom. The van der Waals surface area contributed by atoms with E-state index < -0.39 is 0 Å². The molecule has 2 aromatic carbocycles. The first-order valence-electron chi connectivity index (χ1n) is 6.24. The van der Waals surface area contributed by atoms with Gasteiger partial charge in [-0.05, 0) is 54.7 Å². The molecule has 2 rings (SSSR count). The zero-order chi connectivity index (χ0) is 13.8. The molecule has 0 aromatic heterocycles. The monoisotopic (exact) mass is 258 g/mol. The number of aryl methyl sites for hydroxylation is 2. The van der Waals surface area contributed by atoms with Crippen molar-refractivity contribution >= 4 is 6.08 Å². The van der Waals surface area contributed by atoms with E-state index in [0.29, 0.717) is 17.5 Å². The SMILES string of the molecule is Cc1ccc(/C=C/Cc2ccc(C)c(F)c2)cc1F. The van der Waals surface area contributed by atoms with E-state index in [9.17, 15) is 8.78 Å². The van der Waals surface area contributed by atoms with E-state index in [2.05, 4.69) is 0 Å². The van der Waals surface area contributed by atoms with E-state index >= 15 is 0 Å². The summed E-state index contributed by atoms with van der Waals surface area (Å²) >= 11 is 0. The minimum Gasteiger partial charge on any atom is -0.207 e. The normalized spacial score (nSPS) is 11.2. The second-order valence-corrected chi connectivity index (χ2v) is 4.70. The van der Waals surface area contributed by atoms with Crippen molar-refractivity contribution in [1.29, 1.82) is 0 Å². The fraction of sp³-hybridized carbons (Fsp3) is 0.176. The quantitative estimate of drug-likeness (QED) is 0.739. The molecule has 2 heteroatoms. The Bertz CT molecular complexity index is 613. The first kappa shape index (κ1) is 13.5. The zero-order valence-corrected chi connectivity index (χ0v) is 11.1. The molecule has 0 heterocycles. The molecule has 0 saturated carbocycles. The van der Waals surface area contributed by atoms with Gasteiger partial charge >= 0.3 is 0 Å². The van der Waals surface area contributed by atoms with E-state index in [0.717, 1.165) is 11.1 Å². The fourth-order valence-electron chi connectivity index (χ4n) is 1.81. The molecule has 0 atom stereocenters. The van der Waals surface area contributed by atoms with Gasteiger partial charge in [0.25, 0.3) is 0 Å². The molecule has 0 saturated heterocycles. The van der Waals surface area contributed by atoms with Gasteiger partial charge in [-0.25, -0.2) is 8.78 Å². The van der Waals surface area contributed by atoms with Crippen LogP contribution in [0.25, 0.3) is 6.08 Å². The van der Waals surface area contributed by atoms with E-state index in [4.69, 9.17) is 0 Å². The lowest BCUT2D eigenvalue weighted by Gasteiger charge is -2.00. The van der Waals surface area contributed by atoms with Crippen LogP contribution in [0.15, 0.2) is 42.5 Å². The first-order chi connectivity index (χ1) is 9.06. The van der Waals surface area contributed by atoms with Crippen LogP contribution in [0.2, 0.25) is 0 Å². The molecular weight excluding hydrogens is 242 g/mol. The fourth-order valence-corrected chi connectivity index (χ4v) is 1.81. The largest absolute Gasteiger partial charge is 0.207 e. The van der Waals surface area contributed by atoms with Gasteiger partial charge in [0.15, 0.2) is 0 Å². The zero-order valence-electron chi connectivity index (χ0n) is 11.1. The molecule has 0 amide bonds. The van der Waals surface area contributed by atoms with Crippen LogP contribution in [-0.2, 0) is 6.42 Å². The first-order valence-corrected chi connectivity index (χ1v) is 6.24. The summed E-state index contributed by atoms with van der Waals surface area (Å²) in [6.07, 6.45) is 4.39. The summed E-state index contributed by atoms with van der Waals surface area (Å²) in [5.41, 5.74) is 3.01. The molecule has 2 aromatic rings. The van der Waals surface area contributed by atoms with Crippen molar-refractivity contribution in [2.24, 2.45) is 0 Å². The van der Waals surface area contributed by atoms with Gasteiger partial charge in [-0.2, -0.15) is 0 Å². The molecule has 0 aliphatic rings. The third-order valence-corrected chi connectivity index (χ3v) is 3.10. The van der Waals surface area contributed by atoms with Crippen LogP contribution in [-0.4, -0.2) is 0 Å². The Kier molecular flexibility index (Phi) is 4.10. The maximum absolute atomic E-state index is 13.4. The molecule has 98 valence electrons. The Morgan fingerprint density at radius 1 is 0.895 bits per heavy atom. The van der Waals surface area contributed by atoms with Gasteiger partial charge in [0.2, 0.25) is 0 Å². The topological polar surface area (TPSA) is 0 Å². The highest BCUT2D eigenvalue weighted by Gasteiger charge is 1.98. The number of benzene rings is 2. The number of hydrogen-bond donors (Lipinski definition) is 0. The maximum atomic E-state index is 13.4. The van der Waals surface area contributed by atoms with Gasteiger partial charge in [-0.15, -0.1) is 0 Å². The Morgan fingerprint density at radius 2 is 1.53 bits per heavy atom. The van der Waals surface area contributed by atoms with Crippen LogP contribution < -0.4 is 0 Å². The molecular formula is C17H16F2. The third-order valence-electron chi connectivity index (χ3n) is 3.10. The Balaban J connectivity index is 2.06. The third kappa shape index (κ3) is 3.50. The number of hydrogen-bond acceptors (Lipinski definition) is 0. The van der Waals surface area contributed by atoms with E-state index in [1.54, 1.807) is 26.0 Å². The average molecular weight is 258 g/mol. The predicted octanol–water partition coefficient (Wildman–Crippen LogP) is 4.84. The predicted molar refractivity (Wildman–Crippen MR) is 75.0 cm³/mol. The van der Waals surface area contributed by atoms with Crippen LogP contribution in [0, 0.1) is 25.5 Å². The van der Waals surface area contributed by atoms with Crippen LogP contribution >= 0.6 is 0 Å². The van der Waals surface area contributed by atoms with Crippen molar-refractivity contribution < 1.29 is 8.78 Å². The lowest BCUT2D eigenvalue weighted by Crippen LogP contribution is -1.87. The molecule has 0 fully saturated rings. The molecule has 19 heavy (non-hydrogen) atoms. The second kappa shape index (κ2) is 5.79. The molecule has 0 aliphatic carbocycles. The Labute approximate surface area is 112 Å². The van der Waals surface area contributed by atoms with Crippen molar-refractivity contribution in [3.8, 4) is 0 Å². The van der Waals surface area contributed by atoms with Gasteiger partial charge in [-0.3, -0.25) is 0 Å². The summed E-state index contributed by atoms with van der Waals surface area (Å²) in [5.74, 6) is -0.393. The number of allylic oxidation sites excluding steroid dienone is 1. The van der Waals surface area contributed by atoms with Crippen LogP contribution in [0.5, 0.6) is 0 Å². The molecule has 0 N–H and O–H groups in total. The highest BCUT2D eigenvalue weighted by atomic mass is 19.1. The average Bonchev–Trinajstić information content (AvgIpc) is 2.38. The summed E-state index contributed by atoms with van der Waals surface area (Å²) in [4.78, 5) is 0. The smallest absolute Gasteiger partial charge is 0.126 e. The van der Waals surface area contributed by atoms with Crippen molar-refractivity contribution in [1.82, 2.24) is 0 Å². The summed E-state index contributed by atoms with van der Waals surface area (Å²) < 4.78 is 26.7. The van der Waals surface area contributed by atoms with Gasteiger partial charge in [-0.1, -0.05) is 36.4 Å². The second-order valence-electron chi connectivity index (χ2n) is 4.70.